The van der Waals surface area contributed by atoms with E-state index in [9.17, 15) is 13.2 Å². The molecule has 38 heavy (non-hydrogen) atoms. The number of nitrogens with zero attached hydrogens (tertiary/aromatic N) is 4. The molecular weight excluding hydrogens is 524 g/mol. The summed E-state index contributed by atoms with van der Waals surface area (Å²) >= 11 is 1.29. The number of benzene rings is 2. The van der Waals surface area contributed by atoms with E-state index < -0.39 is 16.1 Å². The maximum absolute atomic E-state index is 14.2. The number of aryl methyl sites for hydroxylation is 1. The summed E-state index contributed by atoms with van der Waals surface area (Å²) in [6, 6.07) is 14.9. The topological polar surface area (TPSA) is 102 Å². The van der Waals surface area contributed by atoms with Crippen molar-refractivity contribution in [2.45, 2.75) is 37.2 Å². The van der Waals surface area contributed by atoms with E-state index in [1.54, 1.807) is 62.9 Å². The summed E-state index contributed by atoms with van der Waals surface area (Å²) in [6.45, 7) is 2.31. The Hall–Kier alpha value is -3.54. The van der Waals surface area contributed by atoms with Gasteiger partial charge in [-0.05, 0) is 56.2 Å². The maximum Gasteiger partial charge on any atom is 0.247 e. The molecular formula is C27H28N4O5S2. The molecule has 198 valence electrons. The van der Waals surface area contributed by atoms with Crippen LogP contribution in [0.3, 0.4) is 0 Å². The highest BCUT2D eigenvalue weighted by atomic mass is 32.2. The van der Waals surface area contributed by atoms with Crippen molar-refractivity contribution in [3.8, 4) is 11.5 Å². The molecule has 0 spiro atoms. The fourth-order valence-corrected chi connectivity index (χ4v) is 7.31. The summed E-state index contributed by atoms with van der Waals surface area (Å²) in [6.07, 6.45) is 2.66. The molecule has 1 unspecified atom stereocenters. The van der Waals surface area contributed by atoms with Crippen molar-refractivity contribution >= 4 is 42.6 Å². The number of amides is 1. The number of hydrogen-bond donors (Lipinski definition) is 0. The first kappa shape index (κ1) is 26.1. The average Bonchev–Trinajstić information content (AvgIpc) is 3.60. The molecule has 1 aliphatic heterocycles. The molecule has 3 heterocycles. The number of hydrogen-bond acceptors (Lipinski definition) is 8. The molecule has 0 radical (unpaired) electrons. The molecule has 9 nitrogen and oxygen atoms in total. The van der Waals surface area contributed by atoms with Crippen LogP contribution in [0.4, 0.5) is 5.13 Å². The number of thiazole rings is 1. The Balaban J connectivity index is 1.56. The SMILES string of the molecule is COc1ccc(OC)c2sc(N(Cc3ccccn3)C(=O)C3CCCN3S(=O)(=O)c3ccc(C)cc3)nc12. The first-order valence-corrected chi connectivity index (χ1v) is 14.4. The van der Waals surface area contributed by atoms with E-state index >= 15 is 0 Å². The Morgan fingerprint density at radius 1 is 1.08 bits per heavy atom. The standard InChI is InChI=1S/C27H28N4O5S2/c1-18-9-11-20(12-10-18)38(33,34)31-16-6-8-21(31)26(32)30(17-19-7-4-5-15-28-19)27-29-24-22(35-2)13-14-23(36-3)25(24)37-27/h4-5,7,9-15,21H,6,8,16-17H2,1-3H3. The van der Waals surface area contributed by atoms with Crippen LogP contribution in [0.15, 0.2) is 65.7 Å². The second kappa shape index (κ2) is 10.7. The number of aromatic nitrogens is 2. The fourth-order valence-electron chi connectivity index (χ4n) is 4.58. The van der Waals surface area contributed by atoms with Gasteiger partial charge in [-0.15, -0.1) is 0 Å². The molecule has 1 saturated heterocycles. The summed E-state index contributed by atoms with van der Waals surface area (Å²) < 4.78 is 40.2. The molecule has 1 aliphatic rings. The Labute approximate surface area is 225 Å². The van der Waals surface area contributed by atoms with Gasteiger partial charge in [-0.2, -0.15) is 4.31 Å². The van der Waals surface area contributed by atoms with Crippen molar-refractivity contribution in [2.75, 3.05) is 25.7 Å². The molecule has 11 heteroatoms. The van der Waals surface area contributed by atoms with Crippen LogP contribution in [-0.4, -0.2) is 55.4 Å². The van der Waals surface area contributed by atoms with Gasteiger partial charge in [0.05, 0.1) is 31.4 Å². The molecule has 4 aromatic rings. The predicted octanol–water partition coefficient (Wildman–Crippen LogP) is 4.40. The summed E-state index contributed by atoms with van der Waals surface area (Å²) in [5, 5.41) is 0.415. The molecule has 5 rings (SSSR count). The van der Waals surface area contributed by atoms with Gasteiger partial charge in [0.25, 0.3) is 0 Å². The van der Waals surface area contributed by atoms with Crippen molar-refractivity contribution in [2.24, 2.45) is 0 Å². The van der Waals surface area contributed by atoms with Gasteiger partial charge in [0, 0.05) is 12.7 Å². The predicted molar refractivity (Wildman–Crippen MR) is 146 cm³/mol. The van der Waals surface area contributed by atoms with Gasteiger partial charge in [-0.25, -0.2) is 13.4 Å². The van der Waals surface area contributed by atoms with Gasteiger partial charge in [0.1, 0.15) is 27.8 Å². The van der Waals surface area contributed by atoms with Gasteiger partial charge in [-0.3, -0.25) is 14.7 Å². The number of rotatable bonds is 8. The van der Waals surface area contributed by atoms with E-state index in [-0.39, 0.29) is 23.9 Å². The number of pyridine rings is 1. The van der Waals surface area contributed by atoms with Crippen LogP contribution in [-0.2, 0) is 21.4 Å². The first-order valence-electron chi connectivity index (χ1n) is 12.1. The molecule has 2 aromatic heterocycles. The zero-order valence-corrected chi connectivity index (χ0v) is 23.0. The summed E-state index contributed by atoms with van der Waals surface area (Å²) in [7, 11) is -0.739. The number of ether oxygens (including phenoxy) is 2. The van der Waals surface area contributed by atoms with Gasteiger partial charge >= 0.3 is 0 Å². The van der Waals surface area contributed by atoms with Gasteiger partial charge < -0.3 is 9.47 Å². The highest BCUT2D eigenvalue weighted by Gasteiger charge is 2.42. The lowest BCUT2D eigenvalue weighted by atomic mass is 10.2. The van der Waals surface area contributed by atoms with Crippen LogP contribution >= 0.6 is 11.3 Å². The highest BCUT2D eigenvalue weighted by Crippen LogP contribution is 2.41. The van der Waals surface area contributed by atoms with Crippen LogP contribution in [0.2, 0.25) is 0 Å². The van der Waals surface area contributed by atoms with E-state index in [0.29, 0.717) is 40.7 Å². The molecule has 1 amide bonds. The number of carbonyl (C=O) groups is 1. The number of carbonyl (C=O) groups excluding carboxylic acids is 1. The Kier molecular flexibility index (Phi) is 7.33. The van der Waals surface area contributed by atoms with Crippen molar-refractivity contribution in [1.29, 1.82) is 0 Å². The second-order valence-corrected chi connectivity index (χ2v) is 11.8. The Morgan fingerprint density at radius 3 is 2.50 bits per heavy atom. The second-order valence-electron chi connectivity index (χ2n) is 8.98. The minimum atomic E-state index is -3.87. The summed E-state index contributed by atoms with van der Waals surface area (Å²) in [5.41, 5.74) is 2.19. The average molecular weight is 553 g/mol. The molecule has 0 aliphatic carbocycles. The van der Waals surface area contributed by atoms with Gasteiger partial charge in [0.15, 0.2) is 5.13 Å². The van der Waals surface area contributed by atoms with E-state index in [4.69, 9.17) is 14.5 Å². The molecule has 1 atom stereocenters. The number of methoxy groups -OCH3 is 2. The number of sulfonamides is 1. The third-order valence-corrected chi connectivity index (χ3v) is 9.57. The molecule has 0 N–H and O–H groups in total. The molecule has 2 aromatic carbocycles. The van der Waals surface area contributed by atoms with Crippen molar-refractivity contribution in [1.82, 2.24) is 14.3 Å². The number of fused-ring (bicyclic) bond motifs is 1. The maximum atomic E-state index is 14.2. The van der Waals surface area contributed by atoms with E-state index in [1.165, 1.54) is 20.5 Å². The molecule has 0 saturated carbocycles. The summed E-state index contributed by atoms with van der Waals surface area (Å²) in [4.78, 5) is 25.0. The Morgan fingerprint density at radius 2 is 1.82 bits per heavy atom. The largest absolute Gasteiger partial charge is 0.495 e. The molecule has 0 bridgehead atoms. The third-order valence-electron chi connectivity index (χ3n) is 6.56. The van der Waals surface area contributed by atoms with Crippen LogP contribution in [0.5, 0.6) is 11.5 Å². The lowest BCUT2D eigenvalue weighted by Gasteiger charge is -2.28. The van der Waals surface area contributed by atoms with Crippen molar-refractivity contribution in [3.63, 3.8) is 0 Å². The minimum Gasteiger partial charge on any atom is -0.495 e. The van der Waals surface area contributed by atoms with Crippen LogP contribution in [0.25, 0.3) is 10.2 Å². The van der Waals surface area contributed by atoms with Crippen molar-refractivity contribution in [3.05, 3.63) is 72.1 Å². The highest BCUT2D eigenvalue weighted by molar-refractivity contribution is 7.89. The lowest BCUT2D eigenvalue weighted by molar-refractivity contribution is -0.121. The number of anilines is 1. The quantitative estimate of drug-likeness (QED) is 0.319. The van der Waals surface area contributed by atoms with E-state index in [0.717, 1.165) is 10.3 Å². The van der Waals surface area contributed by atoms with Gasteiger partial charge in [-0.1, -0.05) is 35.1 Å². The fraction of sp³-hybridized carbons (Fsp3) is 0.296. The molecule has 1 fully saturated rings. The monoisotopic (exact) mass is 552 g/mol. The zero-order valence-electron chi connectivity index (χ0n) is 21.3. The first-order chi connectivity index (χ1) is 18.3. The van der Waals surface area contributed by atoms with E-state index in [2.05, 4.69) is 4.98 Å². The summed E-state index contributed by atoms with van der Waals surface area (Å²) in [5.74, 6) is 0.818. The van der Waals surface area contributed by atoms with Crippen molar-refractivity contribution < 1.29 is 22.7 Å². The Bertz CT molecular complexity index is 1510. The smallest absolute Gasteiger partial charge is 0.247 e. The van der Waals surface area contributed by atoms with Crippen LogP contribution in [0, 0.1) is 6.92 Å². The third kappa shape index (κ3) is 4.84. The lowest BCUT2D eigenvalue weighted by Crippen LogP contribution is -2.47. The van der Waals surface area contributed by atoms with Crippen LogP contribution < -0.4 is 14.4 Å². The van der Waals surface area contributed by atoms with Gasteiger partial charge in [0.2, 0.25) is 15.9 Å². The van der Waals surface area contributed by atoms with Crippen LogP contribution in [0.1, 0.15) is 24.1 Å². The normalized spacial score (nSPS) is 16.0. The zero-order chi connectivity index (χ0) is 26.9. The van der Waals surface area contributed by atoms with E-state index in [1.807, 2.05) is 19.1 Å². The minimum absolute atomic E-state index is 0.138.